The number of carbonyl (C=O) groups is 1. The van der Waals surface area contributed by atoms with E-state index < -0.39 is 18.9 Å². The van der Waals surface area contributed by atoms with Crippen LogP contribution in [-0.4, -0.2) is 91.0 Å². The van der Waals surface area contributed by atoms with Crippen molar-refractivity contribution in [3.63, 3.8) is 0 Å². The number of ether oxygens (including phenoxy) is 6. The molecule has 3 aliphatic rings. The van der Waals surface area contributed by atoms with Crippen molar-refractivity contribution in [1.82, 2.24) is 0 Å². The zero-order chi connectivity index (χ0) is 30.2. The molecule has 3 unspecified atom stereocenters. The summed E-state index contributed by atoms with van der Waals surface area (Å²) in [6.45, 7) is 5.42. The summed E-state index contributed by atoms with van der Waals surface area (Å²) < 4.78 is 34.2. The molecule has 3 rings (SSSR count). The van der Waals surface area contributed by atoms with Crippen LogP contribution in [0.5, 0.6) is 0 Å². The van der Waals surface area contributed by atoms with Crippen molar-refractivity contribution in [2.45, 2.75) is 160 Å². The maximum Gasteiger partial charge on any atom is 0.302 e. The van der Waals surface area contributed by atoms with Crippen LogP contribution >= 0.6 is 0 Å². The Morgan fingerprint density at radius 1 is 0.595 bits per heavy atom. The molecule has 42 heavy (non-hydrogen) atoms. The van der Waals surface area contributed by atoms with Gasteiger partial charge in [-0.15, -0.1) is 0 Å². The van der Waals surface area contributed by atoms with E-state index in [1.165, 1.54) is 6.92 Å². The summed E-state index contributed by atoms with van der Waals surface area (Å²) in [4.78, 5) is 10.8. The lowest BCUT2D eigenvalue weighted by molar-refractivity contribution is -0.207. The van der Waals surface area contributed by atoms with Gasteiger partial charge in [0.1, 0.15) is 0 Å². The van der Waals surface area contributed by atoms with Gasteiger partial charge in [0.2, 0.25) is 0 Å². The first-order chi connectivity index (χ1) is 20.3. The van der Waals surface area contributed by atoms with Crippen molar-refractivity contribution < 1.29 is 48.5 Å². The number of aliphatic hydroxyl groups is 3. The molecule has 246 valence electrons. The Labute approximate surface area is 252 Å². The summed E-state index contributed by atoms with van der Waals surface area (Å²) in [5.74, 6) is 0.0587. The minimum absolute atomic E-state index is 0.0365. The van der Waals surface area contributed by atoms with E-state index >= 15 is 0 Å². The number of hydrogen-bond acceptors (Lipinski definition) is 10. The SMILES string of the molecule is CC(=O)OCCCCOC1CCC(C(O)OC2CCC(OC(O)C3CCC(OCCCCOC(C)O)CC3)CC2)CC1. The van der Waals surface area contributed by atoms with Gasteiger partial charge in [-0.2, -0.15) is 0 Å². The van der Waals surface area contributed by atoms with Crippen LogP contribution in [0.2, 0.25) is 0 Å². The Morgan fingerprint density at radius 2 is 0.976 bits per heavy atom. The van der Waals surface area contributed by atoms with Crippen molar-refractivity contribution in [1.29, 1.82) is 0 Å². The van der Waals surface area contributed by atoms with Crippen LogP contribution in [0.3, 0.4) is 0 Å². The summed E-state index contributed by atoms with van der Waals surface area (Å²) in [6, 6.07) is 0. The molecule has 0 aromatic carbocycles. The van der Waals surface area contributed by atoms with E-state index in [9.17, 15) is 15.0 Å². The maximum atomic E-state index is 10.8. The Morgan fingerprint density at radius 3 is 1.38 bits per heavy atom. The minimum Gasteiger partial charge on any atom is -0.466 e. The smallest absolute Gasteiger partial charge is 0.302 e. The molecule has 0 radical (unpaired) electrons. The van der Waals surface area contributed by atoms with E-state index in [1.807, 2.05) is 0 Å². The predicted octanol–water partition coefficient (Wildman–Crippen LogP) is 4.60. The number of unbranched alkanes of at least 4 members (excludes halogenated alkanes) is 2. The first kappa shape index (κ1) is 35.6. The molecule has 0 amide bonds. The zero-order valence-electron chi connectivity index (χ0n) is 26.0. The molecule has 0 saturated heterocycles. The van der Waals surface area contributed by atoms with Crippen molar-refractivity contribution in [3.05, 3.63) is 0 Å². The molecule has 10 nitrogen and oxygen atoms in total. The summed E-state index contributed by atoms with van der Waals surface area (Å²) in [5.41, 5.74) is 0. The number of rotatable bonds is 19. The highest BCUT2D eigenvalue weighted by Gasteiger charge is 2.33. The second-order valence-corrected chi connectivity index (χ2v) is 12.5. The molecular weight excluding hydrogens is 544 g/mol. The largest absolute Gasteiger partial charge is 0.466 e. The predicted molar refractivity (Wildman–Crippen MR) is 156 cm³/mol. The molecule has 3 atom stereocenters. The topological polar surface area (TPSA) is 133 Å². The van der Waals surface area contributed by atoms with Crippen molar-refractivity contribution in [3.8, 4) is 0 Å². The van der Waals surface area contributed by atoms with Crippen LogP contribution in [0.4, 0.5) is 0 Å². The third kappa shape index (κ3) is 14.3. The first-order valence-corrected chi connectivity index (χ1v) is 16.6. The van der Waals surface area contributed by atoms with Crippen LogP contribution in [0.15, 0.2) is 0 Å². The average Bonchev–Trinajstić information content (AvgIpc) is 2.98. The lowest BCUT2D eigenvalue weighted by Crippen LogP contribution is -2.38. The van der Waals surface area contributed by atoms with E-state index in [0.717, 1.165) is 103 Å². The Kier molecular flexibility index (Phi) is 17.2. The van der Waals surface area contributed by atoms with Crippen LogP contribution < -0.4 is 0 Å². The third-order valence-electron chi connectivity index (χ3n) is 8.98. The lowest BCUT2D eigenvalue weighted by atomic mass is 9.86. The minimum atomic E-state index is -0.738. The van der Waals surface area contributed by atoms with E-state index in [4.69, 9.17) is 33.5 Å². The molecule has 0 aromatic rings. The Balaban J connectivity index is 1.19. The molecule has 0 spiro atoms. The highest BCUT2D eigenvalue weighted by atomic mass is 16.6. The fourth-order valence-electron chi connectivity index (χ4n) is 6.38. The molecule has 3 fully saturated rings. The Hall–Kier alpha value is -0.850. The van der Waals surface area contributed by atoms with E-state index in [2.05, 4.69) is 0 Å². The lowest BCUT2D eigenvalue weighted by Gasteiger charge is -2.37. The molecule has 3 N–H and O–H groups in total. The van der Waals surface area contributed by atoms with Gasteiger partial charge in [-0.05, 0) is 110 Å². The standard InChI is InChI=1S/C32H58O10/c1-23(33)37-19-3-5-21-39-27-11-7-25(8-12-27)31(35)41-29-15-17-30(18-16-29)42-32(36)26-9-13-28(14-10-26)40-22-6-4-20-38-24(2)34/h23,25-33,35-36H,3-22H2,1-2H3. The second kappa shape index (κ2) is 20.2. The second-order valence-electron chi connectivity index (χ2n) is 12.5. The van der Waals surface area contributed by atoms with Gasteiger partial charge in [0.25, 0.3) is 0 Å². The normalized spacial score (nSPS) is 30.9. The number of aliphatic hydroxyl groups excluding tert-OH is 3. The van der Waals surface area contributed by atoms with Crippen molar-refractivity contribution in [2.75, 3.05) is 26.4 Å². The van der Waals surface area contributed by atoms with Gasteiger partial charge in [0.05, 0.1) is 31.0 Å². The van der Waals surface area contributed by atoms with Crippen molar-refractivity contribution >= 4 is 5.97 Å². The summed E-state index contributed by atoms with van der Waals surface area (Å²) in [6.07, 6.45) is 12.6. The number of esters is 1. The molecule has 0 aromatic heterocycles. The van der Waals surface area contributed by atoms with Gasteiger partial charge >= 0.3 is 5.97 Å². The quantitative estimate of drug-likeness (QED) is 0.109. The van der Waals surface area contributed by atoms with Gasteiger partial charge in [-0.25, -0.2) is 0 Å². The first-order valence-electron chi connectivity index (χ1n) is 16.6. The van der Waals surface area contributed by atoms with E-state index in [-0.39, 0.29) is 42.2 Å². The molecule has 0 bridgehead atoms. The molecule has 3 saturated carbocycles. The highest BCUT2D eigenvalue weighted by molar-refractivity contribution is 5.65. The third-order valence-corrected chi connectivity index (χ3v) is 8.98. The fourth-order valence-corrected chi connectivity index (χ4v) is 6.38. The molecule has 10 heteroatoms. The van der Waals surface area contributed by atoms with Crippen LogP contribution in [0.1, 0.15) is 117 Å². The Bertz CT molecular complexity index is 697. The monoisotopic (exact) mass is 602 g/mol. The number of carbonyl (C=O) groups excluding carboxylic acids is 1. The average molecular weight is 603 g/mol. The number of hydrogen-bond donors (Lipinski definition) is 3. The van der Waals surface area contributed by atoms with Crippen LogP contribution in [0.25, 0.3) is 0 Å². The fraction of sp³-hybridized carbons (Fsp3) is 0.969. The van der Waals surface area contributed by atoms with Gasteiger partial charge in [0, 0.05) is 38.6 Å². The molecule has 0 aliphatic heterocycles. The van der Waals surface area contributed by atoms with Crippen molar-refractivity contribution in [2.24, 2.45) is 11.8 Å². The van der Waals surface area contributed by atoms with E-state index in [1.54, 1.807) is 6.92 Å². The summed E-state index contributed by atoms with van der Waals surface area (Å²) in [5, 5.41) is 30.6. The van der Waals surface area contributed by atoms with Gasteiger partial charge in [0.15, 0.2) is 18.9 Å². The van der Waals surface area contributed by atoms with Gasteiger partial charge in [-0.3, -0.25) is 4.79 Å². The van der Waals surface area contributed by atoms with Crippen LogP contribution in [0, 0.1) is 11.8 Å². The van der Waals surface area contributed by atoms with E-state index in [0.29, 0.717) is 26.4 Å². The molecule has 0 heterocycles. The molecule has 3 aliphatic carbocycles. The highest BCUT2D eigenvalue weighted by Crippen LogP contribution is 2.34. The maximum absolute atomic E-state index is 10.8. The van der Waals surface area contributed by atoms with Gasteiger partial charge in [-0.1, -0.05) is 0 Å². The zero-order valence-corrected chi connectivity index (χ0v) is 26.0. The molecular formula is C32H58O10. The summed E-state index contributed by atoms with van der Waals surface area (Å²) >= 11 is 0. The summed E-state index contributed by atoms with van der Waals surface area (Å²) in [7, 11) is 0. The van der Waals surface area contributed by atoms with Crippen LogP contribution in [-0.2, 0) is 33.2 Å². The van der Waals surface area contributed by atoms with Gasteiger partial charge < -0.3 is 43.7 Å².